The molecule has 17 heavy (non-hydrogen) atoms. The number of nitrogens with one attached hydrogen (secondary N) is 1. The van der Waals surface area contributed by atoms with Crippen LogP contribution in [-0.2, 0) is 4.79 Å². The van der Waals surface area contributed by atoms with E-state index in [4.69, 9.17) is 5.21 Å². The third-order valence-electron chi connectivity index (χ3n) is 2.86. The Morgan fingerprint density at radius 3 is 2.35 bits per heavy atom. The van der Waals surface area contributed by atoms with Gasteiger partial charge in [-0.15, -0.1) is 0 Å². The second-order valence-corrected chi connectivity index (χ2v) is 6.58. The van der Waals surface area contributed by atoms with Crippen molar-refractivity contribution < 1.29 is 10.0 Å². The third kappa shape index (κ3) is 6.91. The van der Waals surface area contributed by atoms with Gasteiger partial charge in [0.2, 0.25) is 5.91 Å². The Kier molecular flexibility index (Phi) is 7.83. The fourth-order valence-electron chi connectivity index (χ4n) is 1.78. The van der Waals surface area contributed by atoms with Crippen molar-refractivity contribution in [3.63, 3.8) is 0 Å². The van der Waals surface area contributed by atoms with Crippen LogP contribution in [-0.4, -0.2) is 45.6 Å². The first-order chi connectivity index (χ1) is 7.86. The van der Waals surface area contributed by atoms with Crippen molar-refractivity contribution in [2.24, 2.45) is 0 Å². The number of carbonyl (C=O) groups excluding carboxylic acids is 1. The van der Waals surface area contributed by atoms with E-state index in [1.165, 1.54) is 0 Å². The van der Waals surface area contributed by atoms with Crippen LogP contribution in [0.5, 0.6) is 0 Å². The van der Waals surface area contributed by atoms with Gasteiger partial charge in [-0.05, 0) is 20.0 Å². The molecule has 0 aliphatic carbocycles. The molecule has 4 nitrogen and oxygen atoms in total. The highest BCUT2D eigenvalue weighted by Crippen LogP contribution is 2.29. The van der Waals surface area contributed by atoms with Crippen molar-refractivity contribution in [1.82, 2.24) is 10.4 Å². The molecule has 1 unspecified atom stereocenters. The highest BCUT2D eigenvalue weighted by Gasteiger charge is 2.24. The Morgan fingerprint density at radius 2 is 1.94 bits per heavy atom. The summed E-state index contributed by atoms with van der Waals surface area (Å²) in [4.78, 5) is 13.5. The van der Waals surface area contributed by atoms with Crippen LogP contribution in [0.25, 0.3) is 0 Å². The summed E-state index contributed by atoms with van der Waals surface area (Å²) >= 11 is 1.78. The molecule has 5 heteroatoms. The summed E-state index contributed by atoms with van der Waals surface area (Å²) in [5.41, 5.74) is 1.69. The second kappa shape index (κ2) is 7.95. The molecule has 0 bridgehead atoms. The van der Waals surface area contributed by atoms with Crippen molar-refractivity contribution in [3.05, 3.63) is 0 Å². The summed E-state index contributed by atoms with van der Waals surface area (Å²) in [6.45, 7) is 12.7. The van der Waals surface area contributed by atoms with E-state index in [0.717, 1.165) is 18.8 Å². The quantitative estimate of drug-likeness (QED) is 0.520. The number of hydrogen-bond acceptors (Lipinski definition) is 4. The Labute approximate surface area is 109 Å². The van der Waals surface area contributed by atoms with Gasteiger partial charge >= 0.3 is 0 Å². The lowest BCUT2D eigenvalue weighted by Crippen LogP contribution is -2.36. The molecule has 102 valence electrons. The average molecular weight is 262 g/mol. The number of thioether (sulfide) groups is 1. The van der Waals surface area contributed by atoms with Crippen LogP contribution in [0.15, 0.2) is 0 Å². The largest absolute Gasteiger partial charge is 0.300 e. The number of hydroxylamine groups is 1. The van der Waals surface area contributed by atoms with E-state index in [-0.39, 0.29) is 10.7 Å². The molecule has 0 saturated heterocycles. The summed E-state index contributed by atoms with van der Waals surface area (Å²) in [6, 6.07) is 0.506. The van der Waals surface area contributed by atoms with Gasteiger partial charge in [-0.1, -0.05) is 27.7 Å². The molecule has 1 atom stereocenters. The van der Waals surface area contributed by atoms with Gasteiger partial charge < -0.3 is 4.90 Å². The molecule has 0 aliphatic heterocycles. The molecule has 0 heterocycles. The van der Waals surface area contributed by atoms with Crippen molar-refractivity contribution in [2.45, 2.75) is 51.8 Å². The van der Waals surface area contributed by atoms with Crippen LogP contribution in [0.4, 0.5) is 0 Å². The molecule has 2 N–H and O–H groups in total. The number of hydrogen-bond donors (Lipinski definition) is 2. The highest BCUT2D eigenvalue weighted by atomic mass is 32.2. The molecule has 0 rings (SSSR count). The molecule has 0 radical (unpaired) electrons. The molecule has 1 amide bonds. The van der Waals surface area contributed by atoms with Gasteiger partial charge in [0.25, 0.3) is 0 Å². The Hall–Kier alpha value is -0.260. The van der Waals surface area contributed by atoms with E-state index < -0.39 is 0 Å². The zero-order chi connectivity index (χ0) is 13.5. The fraction of sp³-hybridized carbons (Fsp3) is 0.917. The first kappa shape index (κ1) is 16.7. The zero-order valence-corrected chi connectivity index (χ0v) is 12.4. The minimum atomic E-state index is -0.321. The van der Waals surface area contributed by atoms with E-state index in [1.54, 1.807) is 17.2 Å². The van der Waals surface area contributed by atoms with E-state index in [9.17, 15) is 4.79 Å². The minimum absolute atomic E-state index is 0.145. The molecule has 0 aromatic rings. The van der Waals surface area contributed by atoms with Crippen molar-refractivity contribution in [3.8, 4) is 0 Å². The highest BCUT2D eigenvalue weighted by molar-refractivity contribution is 8.00. The molecular formula is C12H26N2O2S. The van der Waals surface area contributed by atoms with Crippen LogP contribution in [0.3, 0.4) is 0 Å². The maximum absolute atomic E-state index is 11.1. The Bertz CT molecular complexity index is 231. The average Bonchev–Trinajstić information content (AvgIpc) is 2.27. The molecule has 0 aromatic carbocycles. The molecule has 0 spiro atoms. The molecule has 0 aromatic heterocycles. The van der Waals surface area contributed by atoms with E-state index in [1.807, 2.05) is 13.8 Å². The smallest absolute Gasteiger partial charge is 0.244 e. The lowest BCUT2D eigenvalue weighted by molar-refractivity contribution is -0.129. The maximum atomic E-state index is 11.1. The fourth-order valence-corrected chi connectivity index (χ4v) is 2.91. The third-order valence-corrected chi connectivity index (χ3v) is 4.44. The summed E-state index contributed by atoms with van der Waals surface area (Å²) in [5, 5.41) is 8.52. The lowest BCUT2D eigenvalue weighted by atomic mass is 10.1. The maximum Gasteiger partial charge on any atom is 0.244 e. The first-order valence-corrected chi connectivity index (χ1v) is 7.15. The number of carbonyl (C=O) groups is 1. The number of rotatable bonds is 8. The molecule has 0 saturated carbocycles. The second-order valence-electron chi connectivity index (χ2n) is 4.85. The van der Waals surface area contributed by atoms with Gasteiger partial charge in [-0.25, -0.2) is 5.48 Å². The summed E-state index contributed by atoms with van der Waals surface area (Å²) in [6.07, 6.45) is 0.332. The van der Waals surface area contributed by atoms with E-state index in [2.05, 4.69) is 25.7 Å². The topological polar surface area (TPSA) is 52.6 Å². The zero-order valence-electron chi connectivity index (χ0n) is 11.6. The van der Waals surface area contributed by atoms with Crippen molar-refractivity contribution in [2.75, 3.05) is 18.8 Å². The SMILES string of the molecule is CCN(CC)C(C)CSC(C)(C)CC(=O)NO. The van der Waals surface area contributed by atoms with Gasteiger partial charge in [0.05, 0.1) is 0 Å². The van der Waals surface area contributed by atoms with Gasteiger partial charge in [0.15, 0.2) is 0 Å². The Morgan fingerprint density at radius 1 is 1.41 bits per heavy atom. The van der Waals surface area contributed by atoms with Gasteiger partial charge in [-0.3, -0.25) is 10.0 Å². The molecule has 0 fully saturated rings. The van der Waals surface area contributed by atoms with Crippen LogP contribution in [0.2, 0.25) is 0 Å². The van der Waals surface area contributed by atoms with Gasteiger partial charge in [0.1, 0.15) is 0 Å². The van der Waals surface area contributed by atoms with E-state index >= 15 is 0 Å². The standard InChI is InChI=1S/C12H26N2O2S/c1-6-14(7-2)10(3)9-17-12(4,5)8-11(15)13-16/h10,16H,6-9H2,1-5H3,(H,13,15). The minimum Gasteiger partial charge on any atom is -0.300 e. The van der Waals surface area contributed by atoms with Crippen LogP contribution in [0, 0.1) is 0 Å². The predicted octanol–water partition coefficient (Wildman–Crippen LogP) is 2.12. The van der Waals surface area contributed by atoms with Crippen molar-refractivity contribution in [1.29, 1.82) is 0 Å². The van der Waals surface area contributed by atoms with Gasteiger partial charge in [0, 0.05) is 23.0 Å². The number of nitrogens with zero attached hydrogens (tertiary/aromatic N) is 1. The van der Waals surface area contributed by atoms with Crippen LogP contribution >= 0.6 is 11.8 Å². The normalized spacial score (nSPS) is 13.8. The first-order valence-electron chi connectivity index (χ1n) is 6.17. The monoisotopic (exact) mass is 262 g/mol. The van der Waals surface area contributed by atoms with Crippen LogP contribution in [0.1, 0.15) is 41.0 Å². The summed E-state index contributed by atoms with van der Waals surface area (Å²) in [5.74, 6) is 0.672. The molecular weight excluding hydrogens is 236 g/mol. The van der Waals surface area contributed by atoms with Crippen LogP contribution < -0.4 is 5.48 Å². The lowest BCUT2D eigenvalue weighted by Gasteiger charge is -2.30. The number of amides is 1. The van der Waals surface area contributed by atoms with Crippen molar-refractivity contribution >= 4 is 17.7 Å². The molecule has 0 aliphatic rings. The van der Waals surface area contributed by atoms with Gasteiger partial charge in [-0.2, -0.15) is 11.8 Å². The Balaban J connectivity index is 4.11. The summed E-state index contributed by atoms with van der Waals surface area (Å²) in [7, 11) is 0. The summed E-state index contributed by atoms with van der Waals surface area (Å²) < 4.78 is -0.145. The van der Waals surface area contributed by atoms with E-state index in [0.29, 0.717) is 12.5 Å². The predicted molar refractivity (Wildman–Crippen MR) is 73.5 cm³/mol.